The van der Waals surface area contributed by atoms with Gasteiger partial charge in [0, 0.05) is 12.4 Å². The molecule has 0 saturated carbocycles. The van der Waals surface area contributed by atoms with Gasteiger partial charge in [0.15, 0.2) is 11.5 Å². The molecular formula is C25H21BrN2O5S. The van der Waals surface area contributed by atoms with Crippen LogP contribution in [-0.4, -0.2) is 41.3 Å². The fourth-order valence-electron chi connectivity index (χ4n) is 3.21. The Kier molecular flexibility index (Phi) is 7.87. The number of benzene rings is 2. The number of carbonyl (C=O) groups is 2. The van der Waals surface area contributed by atoms with Crippen molar-refractivity contribution in [1.82, 2.24) is 9.88 Å². The highest BCUT2D eigenvalue weighted by molar-refractivity contribution is 9.10. The van der Waals surface area contributed by atoms with E-state index in [2.05, 4.69) is 20.9 Å². The molecular weight excluding hydrogens is 520 g/mol. The number of rotatable bonds is 9. The number of para-hydroxylation sites is 1. The van der Waals surface area contributed by atoms with Gasteiger partial charge >= 0.3 is 0 Å². The normalized spacial score (nSPS) is 14.5. The number of aromatic nitrogens is 1. The largest absolute Gasteiger partial charge is 0.493 e. The minimum absolute atomic E-state index is 0.172. The summed E-state index contributed by atoms with van der Waals surface area (Å²) in [5.74, 6) is 1.39. The maximum Gasteiger partial charge on any atom is 0.293 e. The van der Waals surface area contributed by atoms with Crippen LogP contribution in [0.25, 0.3) is 6.08 Å². The lowest BCUT2D eigenvalue weighted by molar-refractivity contribution is -0.123. The molecule has 7 nitrogen and oxygen atoms in total. The van der Waals surface area contributed by atoms with Crippen LogP contribution in [0.4, 0.5) is 4.79 Å². The quantitative estimate of drug-likeness (QED) is 0.329. The van der Waals surface area contributed by atoms with Crippen LogP contribution in [0.3, 0.4) is 0 Å². The Hall–Kier alpha value is -3.30. The second-order valence-corrected chi connectivity index (χ2v) is 9.02. The predicted octanol–water partition coefficient (Wildman–Crippen LogP) is 5.55. The van der Waals surface area contributed by atoms with Gasteiger partial charge in [0.2, 0.25) is 0 Å². The van der Waals surface area contributed by atoms with E-state index in [1.54, 1.807) is 31.6 Å². The molecule has 1 aliphatic rings. The van der Waals surface area contributed by atoms with Gasteiger partial charge in [0.25, 0.3) is 11.1 Å². The minimum Gasteiger partial charge on any atom is -0.493 e. The molecule has 0 N–H and O–H groups in total. The number of methoxy groups -OCH3 is 1. The minimum atomic E-state index is -0.347. The van der Waals surface area contributed by atoms with Gasteiger partial charge in [-0.05, 0) is 81.3 Å². The number of ether oxygens (including phenoxy) is 3. The number of halogens is 1. The van der Waals surface area contributed by atoms with Crippen LogP contribution in [-0.2, 0) is 11.4 Å². The van der Waals surface area contributed by atoms with Gasteiger partial charge in [-0.25, -0.2) is 0 Å². The van der Waals surface area contributed by atoms with E-state index in [-0.39, 0.29) is 24.3 Å². The number of carbonyl (C=O) groups excluding carboxylic acids is 2. The van der Waals surface area contributed by atoms with E-state index >= 15 is 0 Å². The zero-order valence-electron chi connectivity index (χ0n) is 18.3. The monoisotopic (exact) mass is 540 g/mol. The number of nitrogens with zero attached hydrogens (tertiary/aromatic N) is 2. The Morgan fingerprint density at radius 2 is 1.82 bits per heavy atom. The van der Waals surface area contributed by atoms with Crippen LogP contribution < -0.4 is 14.2 Å². The highest BCUT2D eigenvalue weighted by atomic mass is 79.9. The molecule has 0 aliphatic carbocycles. The molecule has 1 aliphatic heterocycles. The van der Waals surface area contributed by atoms with E-state index in [1.165, 1.54) is 4.90 Å². The van der Waals surface area contributed by atoms with Crippen molar-refractivity contribution < 1.29 is 23.8 Å². The second kappa shape index (κ2) is 11.2. The van der Waals surface area contributed by atoms with E-state index < -0.39 is 0 Å². The zero-order valence-corrected chi connectivity index (χ0v) is 20.7. The standard InChI is InChI=1S/C25H21BrN2O5S/c1-31-21-14-18(13-20(26)23(21)33-16-17-7-9-27-10-8-17)15-22-24(29)28(25(30)34-22)11-12-32-19-5-3-2-4-6-19/h2-10,13-15H,11-12,16H2,1H3/b22-15-. The summed E-state index contributed by atoms with van der Waals surface area (Å²) in [6, 6.07) is 16.6. The van der Waals surface area contributed by atoms with Crippen molar-refractivity contribution in [3.8, 4) is 17.2 Å². The average molecular weight is 541 g/mol. The Morgan fingerprint density at radius 1 is 1.06 bits per heavy atom. The molecule has 34 heavy (non-hydrogen) atoms. The molecule has 1 saturated heterocycles. The first-order valence-corrected chi connectivity index (χ1v) is 12.0. The molecule has 3 aromatic rings. The van der Waals surface area contributed by atoms with Gasteiger partial charge in [-0.3, -0.25) is 19.5 Å². The van der Waals surface area contributed by atoms with Gasteiger partial charge in [0.1, 0.15) is 19.0 Å². The Balaban J connectivity index is 1.44. The van der Waals surface area contributed by atoms with Crippen molar-refractivity contribution in [3.63, 3.8) is 0 Å². The Labute approximate surface area is 209 Å². The van der Waals surface area contributed by atoms with Gasteiger partial charge < -0.3 is 14.2 Å². The fraction of sp³-hybridized carbons (Fsp3) is 0.160. The molecule has 4 rings (SSSR count). The first-order chi connectivity index (χ1) is 16.5. The summed E-state index contributed by atoms with van der Waals surface area (Å²) in [5, 5.41) is -0.323. The molecule has 1 aromatic heterocycles. The summed E-state index contributed by atoms with van der Waals surface area (Å²) in [7, 11) is 1.55. The number of amides is 2. The zero-order chi connectivity index (χ0) is 23.9. The second-order valence-electron chi connectivity index (χ2n) is 7.17. The first kappa shape index (κ1) is 23.8. The molecule has 2 amide bonds. The van der Waals surface area contributed by atoms with Gasteiger partial charge in [-0.1, -0.05) is 18.2 Å². The molecule has 0 unspecified atom stereocenters. The van der Waals surface area contributed by atoms with E-state index in [4.69, 9.17) is 14.2 Å². The van der Waals surface area contributed by atoms with E-state index in [0.717, 1.165) is 17.3 Å². The third-order valence-electron chi connectivity index (χ3n) is 4.88. The maximum absolute atomic E-state index is 12.8. The Bertz CT molecular complexity index is 1200. The number of imide groups is 1. The highest BCUT2D eigenvalue weighted by Gasteiger charge is 2.34. The molecule has 0 atom stereocenters. The summed E-state index contributed by atoms with van der Waals surface area (Å²) in [6.45, 7) is 0.741. The summed E-state index contributed by atoms with van der Waals surface area (Å²) < 4.78 is 17.7. The highest BCUT2D eigenvalue weighted by Crippen LogP contribution is 2.39. The fourth-order valence-corrected chi connectivity index (χ4v) is 4.65. The van der Waals surface area contributed by atoms with Crippen LogP contribution in [0.1, 0.15) is 11.1 Å². The third kappa shape index (κ3) is 5.78. The van der Waals surface area contributed by atoms with E-state index in [9.17, 15) is 9.59 Å². The lowest BCUT2D eigenvalue weighted by Crippen LogP contribution is -2.32. The van der Waals surface area contributed by atoms with E-state index in [0.29, 0.717) is 38.8 Å². The van der Waals surface area contributed by atoms with Crippen molar-refractivity contribution in [2.24, 2.45) is 0 Å². The van der Waals surface area contributed by atoms with Crippen LogP contribution >= 0.6 is 27.7 Å². The van der Waals surface area contributed by atoms with Crippen molar-refractivity contribution in [3.05, 3.63) is 87.5 Å². The number of hydrogen-bond donors (Lipinski definition) is 0. The van der Waals surface area contributed by atoms with Crippen molar-refractivity contribution in [1.29, 1.82) is 0 Å². The SMILES string of the molecule is COc1cc(/C=C2\SC(=O)N(CCOc3ccccc3)C2=O)cc(Br)c1OCc1ccncc1. The van der Waals surface area contributed by atoms with Crippen LogP contribution in [0, 0.1) is 0 Å². The van der Waals surface area contributed by atoms with Gasteiger partial charge in [-0.15, -0.1) is 0 Å². The molecule has 0 spiro atoms. The maximum atomic E-state index is 12.8. The molecule has 2 heterocycles. The first-order valence-electron chi connectivity index (χ1n) is 10.4. The average Bonchev–Trinajstić information content (AvgIpc) is 3.11. The summed E-state index contributed by atoms with van der Waals surface area (Å²) in [5.41, 5.74) is 1.67. The molecule has 9 heteroatoms. The summed E-state index contributed by atoms with van der Waals surface area (Å²) in [4.78, 5) is 30.7. The molecule has 1 fully saturated rings. The van der Waals surface area contributed by atoms with E-state index in [1.807, 2.05) is 48.5 Å². The van der Waals surface area contributed by atoms with Crippen LogP contribution in [0.5, 0.6) is 17.2 Å². The van der Waals surface area contributed by atoms with Crippen molar-refractivity contribution >= 4 is 44.9 Å². The lowest BCUT2D eigenvalue weighted by Gasteiger charge is -2.14. The summed E-state index contributed by atoms with van der Waals surface area (Å²) >= 11 is 4.43. The number of thioether (sulfide) groups is 1. The molecule has 0 radical (unpaired) electrons. The topological polar surface area (TPSA) is 78.0 Å². The van der Waals surface area contributed by atoms with Crippen LogP contribution in [0.2, 0.25) is 0 Å². The lowest BCUT2D eigenvalue weighted by atomic mass is 10.1. The van der Waals surface area contributed by atoms with Gasteiger partial charge in [0.05, 0.1) is 23.0 Å². The number of hydrogen-bond acceptors (Lipinski definition) is 7. The smallest absolute Gasteiger partial charge is 0.293 e. The molecule has 0 bridgehead atoms. The molecule has 174 valence electrons. The third-order valence-corrected chi connectivity index (χ3v) is 6.38. The van der Waals surface area contributed by atoms with Gasteiger partial charge in [-0.2, -0.15) is 0 Å². The summed E-state index contributed by atoms with van der Waals surface area (Å²) in [6.07, 6.45) is 5.08. The predicted molar refractivity (Wildman–Crippen MR) is 134 cm³/mol. The Morgan fingerprint density at radius 3 is 2.56 bits per heavy atom. The number of pyridine rings is 1. The van der Waals surface area contributed by atoms with Crippen molar-refractivity contribution in [2.75, 3.05) is 20.3 Å². The van der Waals surface area contributed by atoms with Crippen LogP contribution in [0.15, 0.2) is 76.4 Å². The van der Waals surface area contributed by atoms with Crippen molar-refractivity contribution in [2.45, 2.75) is 6.61 Å². The molecule has 2 aromatic carbocycles.